The third kappa shape index (κ3) is 4.94. The molecule has 0 radical (unpaired) electrons. The van der Waals surface area contributed by atoms with Gasteiger partial charge in [0.1, 0.15) is 11.1 Å². The molecular formula is C21H23N5O5S. The normalized spacial score (nSPS) is 15.1. The van der Waals surface area contributed by atoms with E-state index in [0.717, 1.165) is 0 Å². The van der Waals surface area contributed by atoms with Gasteiger partial charge >= 0.3 is 5.63 Å². The number of piperazine rings is 1. The third-order valence-electron chi connectivity index (χ3n) is 5.22. The quantitative estimate of drug-likeness (QED) is 0.409. The van der Waals surface area contributed by atoms with Crippen LogP contribution in [-0.4, -0.2) is 67.1 Å². The van der Waals surface area contributed by atoms with Crippen LogP contribution in [0, 0.1) is 0 Å². The first kappa shape index (κ1) is 21.9. The van der Waals surface area contributed by atoms with Gasteiger partial charge in [0.15, 0.2) is 0 Å². The zero-order valence-corrected chi connectivity index (χ0v) is 18.1. The molecule has 1 aromatic carbocycles. The molecule has 10 nitrogen and oxygen atoms in total. The first-order valence-corrected chi connectivity index (χ1v) is 11.9. The van der Waals surface area contributed by atoms with E-state index in [2.05, 4.69) is 15.3 Å². The summed E-state index contributed by atoms with van der Waals surface area (Å²) < 4.78 is 31.9. The highest BCUT2D eigenvalue weighted by molar-refractivity contribution is 7.89. The Morgan fingerprint density at radius 2 is 1.78 bits per heavy atom. The van der Waals surface area contributed by atoms with Gasteiger partial charge in [-0.2, -0.15) is 4.31 Å². The van der Waals surface area contributed by atoms with Crippen molar-refractivity contribution in [3.63, 3.8) is 0 Å². The lowest BCUT2D eigenvalue weighted by Gasteiger charge is -2.33. The summed E-state index contributed by atoms with van der Waals surface area (Å²) in [5.41, 5.74) is -0.432. The Morgan fingerprint density at radius 3 is 2.53 bits per heavy atom. The van der Waals surface area contributed by atoms with Crippen LogP contribution in [0.3, 0.4) is 0 Å². The van der Waals surface area contributed by atoms with E-state index < -0.39 is 21.6 Å². The number of anilines is 1. The topological polar surface area (TPSA) is 126 Å². The van der Waals surface area contributed by atoms with Crippen molar-refractivity contribution in [1.82, 2.24) is 19.6 Å². The number of hydrogen-bond donors (Lipinski definition) is 1. The third-order valence-corrected chi connectivity index (χ3v) is 7.17. The number of carbonyl (C=O) groups is 1. The SMILES string of the molecule is O=C(NCCCS(=O)(=O)N1CCN(c2ncccn2)CC1)c1cc2ccccc2oc1=O. The molecule has 0 bridgehead atoms. The molecule has 0 atom stereocenters. The number of nitrogens with zero attached hydrogens (tertiary/aromatic N) is 4. The van der Waals surface area contributed by atoms with Crippen molar-refractivity contribution < 1.29 is 17.6 Å². The van der Waals surface area contributed by atoms with Crippen LogP contribution in [0.1, 0.15) is 16.8 Å². The largest absolute Gasteiger partial charge is 0.422 e. The first-order chi connectivity index (χ1) is 15.4. The summed E-state index contributed by atoms with van der Waals surface area (Å²) >= 11 is 0. The van der Waals surface area contributed by atoms with Crippen LogP contribution in [0.4, 0.5) is 5.95 Å². The summed E-state index contributed by atoms with van der Waals surface area (Å²) in [6, 6.07) is 10.1. The van der Waals surface area contributed by atoms with Gasteiger partial charge in [-0.15, -0.1) is 0 Å². The second kappa shape index (κ2) is 9.45. The summed E-state index contributed by atoms with van der Waals surface area (Å²) in [5.74, 6) is -0.0923. The lowest BCUT2D eigenvalue weighted by Crippen LogP contribution is -2.49. The molecule has 3 aromatic rings. The molecular weight excluding hydrogens is 434 g/mol. The Bertz CT molecular complexity index is 1250. The molecule has 1 N–H and O–H groups in total. The standard InChI is InChI=1S/C21H23N5O5S/c27-19(17-15-16-5-1-2-6-18(16)31-20(17)28)22-9-4-14-32(29,30)26-12-10-25(11-13-26)21-23-7-3-8-24-21/h1-3,5-8,15H,4,9-14H2,(H,22,27). The van der Waals surface area contributed by atoms with Crippen molar-refractivity contribution in [3.05, 3.63) is 64.8 Å². The number of aromatic nitrogens is 2. The van der Waals surface area contributed by atoms with E-state index in [1.165, 1.54) is 10.4 Å². The van der Waals surface area contributed by atoms with E-state index in [4.69, 9.17) is 4.42 Å². The molecule has 32 heavy (non-hydrogen) atoms. The Balaban J connectivity index is 1.27. The average molecular weight is 458 g/mol. The first-order valence-electron chi connectivity index (χ1n) is 10.2. The van der Waals surface area contributed by atoms with E-state index in [1.807, 2.05) is 4.90 Å². The molecule has 1 fully saturated rings. The number of amides is 1. The summed E-state index contributed by atoms with van der Waals surface area (Å²) in [7, 11) is -3.45. The van der Waals surface area contributed by atoms with Crippen LogP contribution >= 0.6 is 0 Å². The maximum Gasteiger partial charge on any atom is 0.349 e. The molecule has 4 rings (SSSR count). The second-order valence-electron chi connectivity index (χ2n) is 7.35. The highest BCUT2D eigenvalue weighted by atomic mass is 32.2. The number of nitrogens with one attached hydrogen (secondary N) is 1. The maximum absolute atomic E-state index is 12.6. The van der Waals surface area contributed by atoms with Crippen LogP contribution in [0.25, 0.3) is 11.0 Å². The van der Waals surface area contributed by atoms with Crippen LogP contribution in [0.2, 0.25) is 0 Å². The molecule has 3 heterocycles. The smallest absolute Gasteiger partial charge is 0.349 e. The minimum Gasteiger partial charge on any atom is -0.422 e. The van der Waals surface area contributed by atoms with E-state index >= 15 is 0 Å². The Morgan fingerprint density at radius 1 is 1.06 bits per heavy atom. The average Bonchev–Trinajstić information content (AvgIpc) is 2.82. The van der Waals surface area contributed by atoms with Crippen LogP contribution in [0.5, 0.6) is 0 Å². The van der Waals surface area contributed by atoms with Crippen molar-refractivity contribution in [3.8, 4) is 0 Å². The van der Waals surface area contributed by atoms with Crippen molar-refractivity contribution in [1.29, 1.82) is 0 Å². The summed E-state index contributed by atoms with van der Waals surface area (Å²) in [6.45, 7) is 1.85. The van der Waals surface area contributed by atoms with Gasteiger partial charge in [-0.25, -0.2) is 23.2 Å². The number of fused-ring (bicyclic) bond motifs is 1. The van der Waals surface area contributed by atoms with Gasteiger partial charge in [-0.1, -0.05) is 18.2 Å². The summed E-state index contributed by atoms with van der Waals surface area (Å²) in [5, 5.41) is 3.24. The van der Waals surface area contributed by atoms with Gasteiger partial charge in [0.2, 0.25) is 16.0 Å². The van der Waals surface area contributed by atoms with Crippen LogP contribution < -0.4 is 15.8 Å². The summed E-state index contributed by atoms with van der Waals surface area (Å²) in [4.78, 5) is 34.7. The lowest BCUT2D eigenvalue weighted by molar-refractivity contribution is 0.0950. The number of hydrogen-bond acceptors (Lipinski definition) is 8. The summed E-state index contributed by atoms with van der Waals surface area (Å²) in [6.07, 6.45) is 3.54. The van der Waals surface area contributed by atoms with E-state index in [0.29, 0.717) is 43.1 Å². The predicted molar refractivity (Wildman–Crippen MR) is 119 cm³/mol. The predicted octanol–water partition coefficient (Wildman–Crippen LogP) is 0.855. The Hall–Kier alpha value is -3.31. The molecule has 1 aliphatic rings. The number of benzene rings is 1. The monoisotopic (exact) mass is 457 g/mol. The van der Waals surface area contributed by atoms with E-state index in [9.17, 15) is 18.0 Å². The molecule has 0 saturated carbocycles. The van der Waals surface area contributed by atoms with Crippen molar-refractivity contribution in [2.45, 2.75) is 6.42 Å². The zero-order valence-electron chi connectivity index (χ0n) is 17.3. The van der Waals surface area contributed by atoms with Gasteiger partial charge in [-0.3, -0.25) is 4.79 Å². The Labute approximate surface area is 184 Å². The molecule has 0 aliphatic carbocycles. The highest BCUT2D eigenvalue weighted by Crippen LogP contribution is 2.14. The maximum atomic E-state index is 12.6. The second-order valence-corrected chi connectivity index (χ2v) is 9.43. The molecule has 168 valence electrons. The Kier molecular flexibility index (Phi) is 6.47. The molecule has 2 aromatic heterocycles. The van der Waals surface area contributed by atoms with E-state index in [1.54, 1.807) is 42.7 Å². The molecule has 1 amide bonds. The fourth-order valence-electron chi connectivity index (χ4n) is 3.52. The van der Waals surface area contributed by atoms with Crippen molar-refractivity contribution in [2.24, 2.45) is 0 Å². The van der Waals surface area contributed by atoms with Crippen molar-refractivity contribution >= 4 is 32.8 Å². The fraction of sp³-hybridized carbons (Fsp3) is 0.333. The number of rotatable bonds is 7. The highest BCUT2D eigenvalue weighted by Gasteiger charge is 2.27. The fourth-order valence-corrected chi connectivity index (χ4v) is 5.01. The molecule has 0 unspecified atom stereocenters. The van der Waals surface area contributed by atoms with Gasteiger partial charge in [0, 0.05) is 50.5 Å². The molecule has 11 heteroatoms. The molecule has 0 spiro atoms. The van der Waals surface area contributed by atoms with Crippen LogP contribution in [-0.2, 0) is 10.0 Å². The minimum atomic E-state index is -3.45. The molecule has 1 aliphatic heterocycles. The van der Waals surface area contributed by atoms with Gasteiger partial charge < -0.3 is 14.6 Å². The van der Waals surface area contributed by atoms with Crippen LogP contribution in [0.15, 0.2) is 58.0 Å². The minimum absolute atomic E-state index is 0.0958. The van der Waals surface area contributed by atoms with Gasteiger partial charge in [0.25, 0.3) is 5.91 Å². The number of para-hydroxylation sites is 1. The van der Waals surface area contributed by atoms with Crippen molar-refractivity contribution in [2.75, 3.05) is 43.4 Å². The molecule has 1 saturated heterocycles. The van der Waals surface area contributed by atoms with Gasteiger partial charge in [0.05, 0.1) is 5.75 Å². The zero-order chi connectivity index (χ0) is 22.6. The lowest BCUT2D eigenvalue weighted by atomic mass is 10.2. The van der Waals surface area contributed by atoms with Gasteiger partial charge in [-0.05, 0) is 24.6 Å². The van der Waals surface area contributed by atoms with E-state index in [-0.39, 0.29) is 24.3 Å². The number of carbonyl (C=O) groups excluding carboxylic acids is 1. The number of sulfonamides is 1.